The molecule has 0 aliphatic carbocycles. The smallest absolute Gasteiger partial charge is 0.0874 e. The highest BCUT2D eigenvalue weighted by molar-refractivity contribution is 5.42. The number of nitrogens with one attached hydrogen (secondary N) is 1. The zero-order chi connectivity index (χ0) is 12.1. The number of aromatic nitrogens is 1. The van der Waals surface area contributed by atoms with Gasteiger partial charge in [0.2, 0.25) is 0 Å². The lowest BCUT2D eigenvalue weighted by molar-refractivity contribution is -0.0191. The second-order valence-electron chi connectivity index (χ2n) is 4.45. The van der Waals surface area contributed by atoms with Crippen molar-refractivity contribution in [2.24, 2.45) is 0 Å². The predicted octanol–water partition coefficient (Wildman–Crippen LogP) is 1.52. The molecule has 1 aromatic rings. The summed E-state index contributed by atoms with van der Waals surface area (Å²) in [4.78, 5) is 6.60. The van der Waals surface area contributed by atoms with Crippen LogP contribution in [0.25, 0.3) is 0 Å². The average molecular weight is 235 g/mol. The molecule has 0 radical (unpaired) electrons. The van der Waals surface area contributed by atoms with Gasteiger partial charge in [-0.2, -0.15) is 0 Å². The van der Waals surface area contributed by atoms with Gasteiger partial charge in [-0.15, -0.1) is 0 Å². The predicted molar refractivity (Wildman–Crippen MR) is 69.3 cm³/mol. The first-order chi connectivity index (χ1) is 8.28. The Morgan fingerprint density at radius 2 is 2.47 bits per heavy atom. The van der Waals surface area contributed by atoms with Gasteiger partial charge in [-0.3, -0.25) is 9.88 Å². The fourth-order valence-electron chi connectivity index (χ4n) is 2.08. The molecule has 1 aliphatic heterocycles. The molecule has 4 nitrogen and oxygen atoms in total. The lowest BCUT2D eigenvalue weighted by Gasteiger charge is -2.32. The number of ether oxygens (including phenoxy) is 1. The van der Waals surface area contributed by atoms with E-state index in [0.717, 1.165) is 44.2 Å². The van der Waals surface area contributed by atoms with Gasteiger partial charge >= 0.3 is 0 Å². The molecular formula is C13H21N3O. The van der Waals surface area contributed by atoms with Crippen molar-refractivity contribution in [1.82, 2.24) is 9.88 Å². The summed E-state index contributed by atoms with van der Waals surface area (Å²) in [6.07, 6.45) is 2.12. The number of likely N-dealkylation sites (N-methyl/N-ethyl adjacent to an activating group) is 1. The van der Waals surface area contributed by atoms with E-state index in [-0.39, 0.29) is 6.10 Å². The molecule has 94 valence electrons. The van der Waals surface area contributed by atoms with Crippen LogP contribution in [0.15, 0.2) is 18.3 Å². The Morgan fingerprint density at radius 3 is 3.24 bits per heavy atom. The van der Waals surface area contributed by atoms with E-state index >= 15 is 0 Å². The maximum absolute atomic E-state index is 5.74. The van der Waals surface area contributed by atoms with Crippen molar-refractivity contribution < 1.29 is 4.74 Å². The maximum Gasteiger partial charge on any atom is 0.0874 e. The fraction of sp³-hybridized carbons (Fsp3) is 0.615. The molecule has 0 spiro atoms. The Kier molecular flexibility index (Phi) is 4.34. The lowest BCUT2D eigenvalue weighted by Crippen LogP contribution is -2.45. The molecule has 1 saturated heterocycles. The van der Waals surface area contributed by atoms with Crippen molar-refractivity contribution in [2.45, 2.75) is 20.0 Å². The molecule has 0 amide bonds. The molecule has 1 aromatic heterocycles. The van der Waals surface area contributed by atoms with Crippen LogP contribution in [0.2, 0.25) is 0 Å². The SMILES string of the molecule is CCN1CCOC(CNc2ccnc(C)c2)C1. The van der Waals surface area contributed by atoms with Crippen LogP contribution >= 0.6 is 0 Å². The van der Waals surface area contributed by atoms with E-state index < -0.39 is 0 Å². The summed E-state index contributed by atoms with van der Waals surface area (Å²) in [6.45, 7) is 9.09. The quantitative estimate of drug-likeness (QED) is 0.858. The molecule has 1 aliphatic rings. The van der Waals surface area contributed by atoms with Crippen LogP contribution in [0.5, 0.6) is 0 Å². The normalized spacial score (nSPS) is 21.4. The highest BCUT2D eigenvalue weighted by Crippen LogP contribution is 2.09. The van der Waals surface area contributed by atoms with Crippen molar-refractivity contribution in [3.63, 3.8) is 0 Å². The Bertz CT molecular complexity index is 356. The number of hydrogen-bond acceptors (Lipinski definition) is 4. The molecule has 1 N–H and O–H groups in total. The molecule has 17 heavy (non-hydrogen) atoms. The van der Waals surface area contributed by atoms with Crippen LogP contribution < -0.4 is 5.32 Å². The summed E-state index contributed by atoms with van der Waals surface area (Å²) >= 11 is 0. The summed E-state index contributed by atoms with van der Waals surface area (Å²) in [5.74, 6) is 0. The third kappa shape index (κ3) is 3.68. The van der Waals surface area contributed by atoms with Crippen LogP contribution in [0.1, 0.15) is 12.6 Å². The number of rotatable bonds is 4. The molecule has 4 heteroatoms. The second kappa shape index (κ2) is 5.98. The third-order valence-electron chi connectivity index (χ3n) is 3.10. The zero-order valence-corrected chi connectivity index (χ0v) is 10.6. The van der Waals surface area contributed by atoms with E-state index in [1.165, 1.54) is 0 Å². The van der Waals surface area contributed by atoms with Gasteiger partial charge in [0.25, 0.3) is 0 Å². The van der Waals surface area contributed by atoms with E-state index in [9.17, 15) is 0 Å². The molecule has 2 rings (SSSR count). The van der Waals surface area contributed by atoms with Crippen LogP contribution in [-0.2, 0) is 4.74 Å². The van der Waals surface area contributed by atoms with Crippen molar-refractivity contribution in [1.29, 1.82) is 0 Å². The molecule has 0 bridgehead atoms. The Morgan fingerprint density at radius 1 is 1.59 bits per heavy atom. The van der Waals surface area contributed by atoms with Crippen molar-refractivity contribution in [3.05, 3.63) is 24.0 Å². The van der Waals surface area contributed by atoms with Crippen molar-refractivity contribution in [2.75, 3.05) is 38.1 Å². The first-order valence-corrected chi connectivity index (χ1v) is 6.28. The summed E-state index contributed by atoms with van der Waals surface area (Å²) in [6, 6.07) is 4.05. The van der Waals surface area contributed by atoms with Crippen LogP contribution in [0.4, 0.5) is 5.69 Å². The van der Waals surface area contributed by atoms with Gasteiger partial charge in [-0.05, 0) is 25.6 Å². The zero-order valence-electron chi connectivity index (χ0n) is 10.6. The Hall–Kier alpha value is -1.13. The number of pyridine rings is 1. The topological polar surface area (TPSA) is 37.4 Å². The minimum Gasteiger partial charge on any atom is -0.382 e. The van der Waals surface area contributed by atoms with E-state index in [1.54, 1.807) is 0 Å². The minimum absolute atomic E-state index is 0.289. The summed E-state index contributed by atoms with van der Waals surface area (Å²) in [5.41, 5.74) is 2.16. The maximum atomic E-state index is 5.74. The molecular weight excluding hydrogens is 214 g/mol. The van der Waals surface area contributed by atoms with Gasteiger partial charge in [0, 0.05) is 37.2 Å². The van der Waals surface area contributed by atoms with Gasteiger partial charge < -0.3 is 10.1 Å². The summed E-state index contributed by atoms with van der Waals surface area (Å²) in [5, 5.41) is 3.41. The van der Waals surface area contributed by atoms with Crippen molar-refractivity contribution >= 4 is 5.69 Å². The van der Waals surface area contributed by atoms with Gasteiger partial charge in [0.1, 0.15) is 0 Å². The molecule has 0 saturated carbocycles. The molecule has 1 atom stereocenters. The van der Waals surface area contributed by atoms with Crippen molar-refractivity contribution in [3.8, 4) is 0 Å². The van der Waals surface area contributed by atoms with Crippen LogP contribution in [0.3, 0.4) is 0 Å². The van der Waals surface area contributed by atoms with Gasteiger partial charge in [-0.1, -0.05) is 6.92 Å². The third-order valence-corrected chi connectivity index (χ3v) is 3.10. The average Bonchev–Trinajstić information content (AvgIpc) is 2.37. The number of nitrogens with zero attached hydrogens (tertiary/aromatic N) is 2. The molecule has 0 aromatic carbocycles. The summed E-state index contributed by atoms with van der Waals surface area (Å²) in [7, 11) is 0. The summed E-state index contributed by atoms with van der Waals surface area (Å²) < 4.78 is 5.74. The Labute approximate surface area is 103 Å². The minimum atomic E-state index is 0.289. The van der Waals surface area contributed by atoms with E-state index in [0.29, 0.717) is 0 Å². The fourth-order valence-corrected chi connectivity index (χ4v) is 2.08. The Balaban J connectivity index is 1.81. The highest BCUT2D eigenvalue weighted by atomic mass is 16.5. The number of morpholine rings is 1. The lowest BCUT2D eigenvalue weighted by atomic mass is 10.2. The second-order valence-corrected chi connectivity index (χ2v) is 4.45. The number of anilines is 1. The standard InChI is InChI=1S/C13H21N3O/c1-3-16-6-7-17-13(10-16)9-15-12-4-5-14-11(2)8-12/h4-5,8,13H,3,6-7,9-10H2,1-2H3,(H,14,15). The molecule has 1 unspecified atom stereocenters. The van der Waals surface area contributed by atoms with Crippen LogP contribution in [-0.4, -0.2) is 48.8 Å². The highest BCUT2D eigenvalue weighted by Gasteiger charge is 2.18. The first kappa shape index (κ1) is 12.3. The molecule has 1 fully saturated rings. The largest absolute Gasteiger partial charge is 0.382 e. The van der Waals surface area contributed by atoms with Gasteiger partial charge in [0.05, 0.1) is 12.7 Å². The molecule has 2 heterocycles. The van der Waals surface area contributed by atoms with Gasteiger partial charge in [-0.25, -0.2) is 0 Å². The van der Waals surface area contributed by atoms with E-state index in [2.05, 4.69) is 28.2 Å². The number of aryl methyl sites for hydroxylation is 1. The van der Waals surface area contributed by atoms with Crippen LogP contribution in [0, 0.1) is 6.92 Å². The van der Waals surface area contributed by atoms with E-state index in [1.807, 2.05) is 19.2 Å². The number of hydrogen-bond donors (Lipinski definition) is 1. The monoisotopic (exact) mass is 235 g/mol. The van der Waals surface area contributed by atoms with E-state index in [4.69, 9.17) is 4.74 Å². The first-order valence-electron chi connectivity index (χ1n) is 6.28. The van der Waals surface area contributed by atoms with Gasteiger partial charge in [0.15, 0.2) is 0 Å².